The van der Waals surface area contributed by atoms with E-state index < -0.39 is 0 Å². The molecule has 2 aliphatic carbocycles. The molecule has 0 saturated heterocycles. The molecule has 1 aromatic rings. The molecule has 2 aliphatic rings. The summed E-state index contributed by atoms with van der Waals surface area (Å²) in [6.45, 7) is 2.87. The second kappa shape index (κ2) is 5.86. The Balaban J connectivity index is 1.67. The maximum absolute atomic E-state index is 5.14. The molecular weight excluding hydrogens is 250 g/mol. The van der Waals surface area contributed by atoms with E-state index in [4.69, 9.17) is 4.74 Å². The summed E-state index contributed by atoms with van der Waals surface area (Å²) in [6, 6.07) is 2.18. The van der Waals surface area contributed by atoms with Crippen molar-refractivity contribution in [2.24, 2.45) is 24.3 Å². The van der Waals surface area contributed by atoms with Crippen LogP contribution >= 0.6 is 0 Å². The number of fused-ring (bicyclic) bond motifs is 2. The highest BCUT2D eigenvalue weighted by molar-refractivity contribution is 5.10. The standard InChI is InChI=1S/C16H27N3O/c1-19-7-5-15(18-19)11-16(12-17-6-8-20-2)10-13-3-4-14(16)9-13/h5,7,13-14,17H,3-4,6,8-12H2,1-2H3. The average Bonchev–Trinajstić information content (AvgIpc) is 3.11. The first-order valence-electron chi connectivity index (χ1n) is 7.90. The van der Waals surface area contributed by atoms with E-state index >= 15 is 0 Å². The van der Waals surface area contributed by atoms with E-state index in [-0.39, 0.29) is 0 Å². The number of aromatic nitrogens is 2. The van der Waals surface area contributed by atoms with Crippen LogP contribution in [0.3, 0.4) is 0 Å². The predicted octanol–water partition coefficient (Wildman–Crippen LogP) is 2.00. The van der Waals surface area contributed by atoms with Gasteiger partial charge >= 0.3 is 0 Å². The van der Waals surface area contributed by atoms with Gasteiger partial charge in [0.15, 0.2) is 0 Å². The lowest BCUT2D eigenvalue weighted by atomic mass is 9.70. The molecule has 3 atom stereocenters. The van der Waals surface area contributed by atoms with Crippen LogP contribution in [-0.4, -0.2) is 36.6 Å². The van der Waals surface area contributed by atoms with Crippen LogP contribution < -0.4 is 5.32 Å². The van der Waals surface area contributed by atoms with E-state index in [1.165, 1.54) is 31.4 Å². The molecule has 0 aliphatic heterocycles. The minimum absolute atomic E-state index is 0.436. The smallest absolute Gasteiger partial charge is 0.0630 e. The highest BCUT2D eigenvalue weighted by Gasteiger charge is 2.50. The summed E-state index contributed by atoms with van der Waals surface area (Å²) in [6.07, 6.45) is 8.90. The van der Waals surface area contributed by atoms with Crippen molar-refractivity contribution in [1.82, 2.24) is 15.1 Å². The first kappa shape index (κ1) is 14.1. The molecule has 3 unspecified atom stereocenters. The van der Waals surface area contributed by atoms with Crippen molar-refractivity contribution in [3.8, 4) is 0 Å². The quantitative estimate of drug-likeness (QED) is 0.775. The van der Waals surface area contributed by atoms with Gasteiger partial charge in [-0.25, -0.2) is 0 Å². The lowest BCUT2D eigenvalue weighted by molar-refractivity contribution is 0.143. The predicted molar refractivity (Wildman–Crippen MR) is 79.5 cm³/mol. The lowest BCUT2D eigenvalue weighted by Crippen LogP contribution is -2.41. The molecule has 0 radical (unpaired) electrons. The SMILES string of the molecule is COCCNCC1(Cc2ccn(C)n2)CC2CCC1C2. The van der Waals surface area contributed by atoms with Crippen LogP contribution in [0, 0.1) is 17.3 Å². The summed E-state index contributed by atoms with van der Waals surface area (Å²) < 4.78 is 7.07. The topological polar surface area (TPSA) is 39.1 Å². The van der Waals surface area contributed by atoms with Gasteiger partial charge in [0.1, 0.15) is 0 Å². The molecular formula is C16H27N3O. The van der Waals surface area contributed by atoms with E-state index in [9.17, 15) is 0 Å². The van der Waals surface area contributed by atoms with E-state index in [1.807, 2.05) is 11.7 Å². The monoisotopic (exact) mass is 277 g/mol. The normalized spacial score (nSPS) is 32.1. The summed E-state index contributed by atoms with van der Waals surface area (Å²) in [5, 5.41) is 8.23. The number of ether oxygens (including phenoxy) is 1. The summed E-state index contributed by atoms with van der Waals surface area (Å²) >= 11 is 0. The number of hydrogen-bond acceptors (Lipinski definition) is 3. The molecule has 2 fully saturated rings. The number of nitrogens with zero attached hydrogens (tertiary/aromatic N) is 2. The number of methoxy groups -OCH3 is 1. The second-order valence-corrected chi connectivity index (χ2v) is 6.77. The Morgan fingerprint density at radius 1 is 1.50 bits per heavy atom. The Morgan fingerprint density at radius 2 is 2.40 bits per heavy atom. The van der Waals surface area contributed by atoms with Crippen LogP contribution in [0.2, 0.25) is 0 Å². The molecule has 1 heterocycles. The largest absolute Gasteiger partial charge is 0.383 e. The fourth-order valence-corrected chi connectivity index (χ4v) is 4.48. The molecule has 4 nitrogen and oxygen atoms in total. The van der Waals surface area contributed by atoms with Crippen LogP contribution in [0.15, 0.2) is 12.3 Å². The third kappa shape index (κ3) is 2.77. The Morgan fingerprint density at radius 3 is 3.00 bits per heavy atom. The van der Waals surface area contributed by atoms with Crippen LogP contribution in [0.25, 0.3) is 0 Å². The zero-order valence-electron chi connectivity index (χ0n) is 12.8. The van der Waals surface area contributed by atoms with Crippen molar-refractivity contribution < 1.29 is 4.74 Å². The maximum atomic E-state index is 5.14. The fourth-order valence-electron chi connectivity index (χ4n) is 4.48. The van der Waals surface area contributed by atoms with Crippen LogP contribution in [-0.2, 0) is 18.2 Å². The van der Waals surface area contributed by atoms with E-state index in [0.29, 0.717) is 5.41 Å². The molecule has 0 aromatic carbocycles. The molecule has 0 amide bonds. The molecule has 4 heteroatoms. The van der Waals surface area contributed by atoms with Crippen molar-refractivity contribution in [2.75, 3.05) is 26.8 Å². The first-order chi connectivity index (χ1) is 9.72. The number of aryl methyl sites for hydroxylation is 1. The van der Waals surface area contributed by atoms with Crippen molar-refractivity contribution in [2.45, 2.75) is 32.1 Å². The van der Waals surface area contributed by atoms with Crippen molar-refractivity contribution in [3.63, 3.8) is 0 Å². The minimum atomic E-state index is 0.436. The van der Waals surface area contributed by atoms with Gasteiger partial charge in [-0.15, -0.1) is 0 Å². The molecule has 0 spiro atoms. The van der Waals surface area contributed by atoms with Gasteiger partial charge in [-0.05, 0) is 49.0 Å². The summed E-state index contributed by atoms with van der Waals surface area (Å²) in [5.74, 6) is 1.86. The molecule has 1 N–H and O–H groups in total. The van der Waals surface area contributed by atoms with Gasteiger partial charge in [-0.3, -0.25) is 4.68 Å². The van der Waals surface area contributed by atoms with Gasteiger partial charge in [-0.1, -0.05) is 6.42 Å². The molecule has 20 heavy (non-hydrogen) atoms. The second-order valence-electron chi connectivity index (χ2n) is 6.77. The molecule has 2 bridgehead atoms. The molecule has 2 saturated carbocycles. The highest BCUT2D eigenvalue weighted by atomic mass is 16.5. The first-order valence-corrected chi connectivity index (χ1v) is 7.90. The highest BCUT2D eigenvalue weighted by Crippen LogP contribution is 2.56. The summed E-state index contributed by atoms with van der Waals surface area (Å²) in [5.41, 5.74) is 1.69. The fraction of sp³-hybridized carbons (Fsp3) is 0.812. The third-order valence-electron chi connectivity index (χ3n) is 5.36. The van der Waals surface area contributed by atoms with Gasteiger partial charge in [-0.2, -0.15) is 5.10 Å². The van der Waals surface area contributed by atoms with E-state index in [1.54, 1.807) is 7.11 Å². The van der Waals surface area contributed by atoms with Crippen molar-refractivity contribution >= 4 is 0 Å². The molecule has 112 valence electrons. The van der Waals surface area contributed by atoms with E-state index in [2.05, 4.69) is 22.7 Å². The third-order valence-corrected chi connectivity index (χ3v) is 5.36. The molecule has 1 aromatic heterocycles. The van der Waals surface area contributed by atoms with Gasteiger partial charge in [0, 0.05) is 33.4 Å². The van der Waals surface area contributed by atoms with Gasteiger partial charge in [0.2, 0.25) is 0 Å². The Kier molecular flexibility index (Phi) is 4.13. The average molecular weight is 277 g/mol. The molecule has 3 rings (SSSR count). The van der Waals surface area contributed by atoms with Crippen LogP contribution in [0.1, 0.15) is 31.4 Å². The summed E-state index contributed by atoms with van der Waals surface area (Å²) in [7, 11) is 3.77. The van der Waals surface area contributed by atoms with Gasteiger partial charge in [0.05, 0.1) is 12.3 Å². The maximum Gasteiger partial charge on any atom is 0.0630 e. The Labute approximate surface area is 121 Å². The van der Waals surface area contributed by atoms with Crippen molar-refractivity contribution in [3.05, 3.63) is 18.0 Å². The number of hydrogen-bond donors (Lipinski definition) is 1. The summed E-state index contributed by atoms with van der Waals surface area (Å²) in [4.78, 5) is 0. The number of nitrogens with one attached hydrogen (secondary N) is 1. The van der Waals surface area contributed by atoms with E-state index in [0.717, 1.165) is 38.0 Å². The van der Waals surface area contributed by atoms with Gasteiger partial charge in [0.25, 0.3) is 0 Å². The van der Waals surface area contributed by atoms with Gasteiger partial charge < -0.3 is 10.1 Å². The van der Waals surface area contributed by atoms with Crippen LogP contribution in [0.5, 0.6) is 0 Å². The minimum Gasteiger partial charge on any atom is -0.383 e. The Hall–Kier alpha value is -0.870. The lowest BCUT2D eigenvalue weighted by Gasteiger charge is -2.38. The zero-order valence-corrected chi connectivity index (χ0v) is 12.8. The van der Waals surface area contributed by atoms with Crippen LogP contribution in [0.4, 0.5) is 0 Å². The van der Waals surface area contributed by atoms with Crippen molar-refractivity contribution in [1.29, 1.82) is 0 Å². The number of rotatable bonds is 7. The Bertz CT molecular complexity index is 445. The zero-order chi connectivity index (χ0) is 14.0.